The van der Waals surface area contributed by atoms with Crippen molar-refractivity contribution < 1.29 is 14.4 Å². The Morgan fingerprint density at radius 1 is 1.19 bits per heavy atom. The summed E-state index contributed by atoms with van der Waals surface area (Å²) in [6.45, 7) is 7.94. The first-order valence-corrected chi connectivity index (χ1v) is 11.3. The first-order chi connectivity index (χ1) is 15.1. The van der Waals surface area contributed by atoms with E-state index in [1.807, 2.05) is 36.4 Å². The second kappa shape index (κ2) is 9.96. The zero-order valence-corrected chi connectivity index (χ0v) is 18.6. The number of hydroxylamine groups is 2. The second-order valence-corrected chi connectivity index (χ2v) is 8.47. The molecule has 1 aliphatic heterocycles. The lowest BCUT2D eigenvalue weighted by atomic mass is 9.80. The number of nitrogens with one attached hydrogen (secondary N) is 2. The molecule has 31 heavy (non-hydrogen) atoms. The quantitative estimate of drug-likeness (QED) is 0.388. The Bertz CT molecular complexity index is 958. The molecule has 2 aliphatic rings. The van der Waals surface area contributed by atoms with Crippen LogP contribution in [0.3, 0.4) is 0 Å². The van der Waals surface area contributed by atoms with Gasteiger partial charge in [-0.15, -0.1) is 0 Å². The molecule has 2 aromatic rings. The fraction of sp³-hybridized carbons (Fsp3) is 0.478. The lowest BCUT2D eigenvalue weighted by molar-refractivity contribution is -0.172. The third-order valence-corrected chi connectivity index (χ3v) is 6.37. The Labute approximate surface area is 187 Å². The summed E-state index contributed by atoms with van der Waals surface area (Å²) < 4.78 is 0. The summed E-state index contributed by atoms with van der Waals surface area (Å²) in [6.07, 6.45) is 4.12. The van der Waals surface area contributed by atoms with Gasteiger partial charge in [0.1, 0.15) is 0 Å². The molecule has 0 bridgehead atoms. The van der Waals surface area contributed by atoms with Crippen molar-refractivity contribution >= 4 is 34.1 Å². The molecule has 2 fully saturated rings. The molecule has 0 amide bonds. The highest BCUT2D eigenvalue weighted by Gasteiger charge is 2.32. The second-order valence-electron chi connectivity index (χ2n) is 8.06. The molecule has 0 radical (unpaired) electrons. The van der Waals surface area contributed by atoms with Crippen LogP contribution in [0.15, 0.2) is 36.2 Å². The smallest absolute Gasteiger partial charge is 0.168 e. The maximum Gasteiger partial charge on any atom is 0.168 e. The maximum absolute atomic E-state index is 12.7. The summed E-state index contributed by atoms with van der Waals surface area (Å²) in [5.74, 6) is -0.367. The van der Waals surface area contributed by atoms with Crippen LogP contribution < -0.4 is 5.32 Å². The molecular weight excluding hydrogens is 416 g/mol. The minimum atomic E-state index is -0.146. The van der Waals surface area contributed by atoms with Crippen LogP contribution in [-0.4, -0.2) is 72.4 Å². The molecule has 1 aromatic carbocycles. The van der Waals surface area contributed by atoms with Gasteiger partial charge in [-0.05, 0) is 24.6 Å². The zero-order valence-electron chi connectivity index (χ0n) is 17.8. The van der Waals surface area contributed by atoms with Crippen molar-refractivity contribution in [3.63, 3.8) is 0 Å². The third kappa shape index (κ3) is 5.01. The van der Waals surface area contributed by atoms with Gasteiger partial charge in [0.2, 0.25) is 0 Å². The van der Waals surface area contributed by atoms with Gasteiger partial charge in [0.15, 0.2) is 11.6 Å². The molecule has 1 aliphatic carbocycles. The highest BCUT2D eigenvalue weighted by molar-refractivity contribution is 6.35. The lowest BCUT2D eigenvalue weighted by Crippen LogP contribution is -2.47. The van der Waals surface area contributed by atoms with E-state index in [0.29, 0.717) is 31.0 Å². The fourth-order valence-corrected chi connectivity index (χ4v) is 4.71. The number of fused-ring (bicyclic) bond motifs is 1. The molecule has 1 saturated carbocycles. The van der Waals surface area contributed by atoms with Crippen LogP contribution in [0, 0.1) is 0 Å². The van der Waals surface area contributed by atoms with Crippen LogP contribution in [0.25, 0.3) is 10.9 Å². The zero-order chi connectivity index (χ0) is 21.8. The standard InChI is InChI=1S/C23H29ClN4O3/c1-2-31-28-10-8-27(9-11-28)7-6-25-14-18-21(29)12-16(13-22(18)30)17-15-26-20-5-3-4-19(24)23(17)20/h3-5,14-16,25-26H,2,6-13H2,1H3. The number of hydrogen-bond donors (Lipinski definition) is 2. The van der Waals surface area contributed by atoms with Crippen LogP contribution in [0.4, 0.5) is 0 Å². The molecule has 0 atom stereocenters. The number of Topliss-reactive ketones (excluding diaryl/α,β-unsaturated/α-hetero) is 2. The van der Waals surface area contributed by atoms with E-state index in [0.717, 1.165) is 49.2 Å². The normalized spacial score (nSPS) is 21.1. The number of aromatic amines is 1. The average molecular weight is 445 g/mol. The molecule has 0 unspecified atom stereocenters. The summed E-state index contributed by atoms with van der Waals surface area (Å²) in [7, 11) is 0. The lowest BCUT2D eigenvalue weighted by Gasteiger charge is -2.33. The van der Waals surface area contributed by atoms with Gasteiger partial charge in [-0.25, -0.2) is 0 Å². The number of hydrogen-bond acceptors (Lipinski definition) is 6. The van der Waals surface area contributed by atoms with Gasteiger partial charge in [-0.2, -0.15) is 5.06 Å². The van der Waals surface area contributed by atoms with Crippen molar-refractivity contribution in [2.75, 3.05) is 45.9 Å². The third-order valence-electron chi connectivity index (χ3n) is 6.05. The van der Waals surface area contributed by atoms with Crippen molar-refractivity contribution in [2.24, 2.45) is 0 Å². The minimum Gasteiger partial charge on any atom is -0.389 e. The first-order valence-electron chi connectivity index (χ1n) is 10.9. The number of benzene rings is 1. The maximum atomic E-state index is 12.7. The van der Waals surface area contributed by atoms with Crippen LogP contribution in [-0.2, 0) is 14.4 Å². The van der Waals surface area contributed by atoms with Crippen LogP contribution in [0.2, 0.25) is 5.02 Å². The Kier molecular flexibility index (Phi) is 7.07. The SMILES string of the molecule is CCON1CCN(CCNC=C2C(=O)CC(c3c[nH]c4cccc(Cl)c34)CC2=O)CC1. The van der Waals surface area contributed by atoms with Gasteiger partial charge in [0.05, 0.1) is 17.2 Å². The molecule has 7 nitrogen and oxygen atoms in total. The molecule has 2 heterocycles. The van der Waals surface area contributed by atoms with Gasteiger partial charge in [-0.1, -0.05) is 17.7 Å². The number of rotatable bonds is 7. The van der Waals surface area contributed by atoms with E-state index < -0.39 is 0 Å². The summed E-state index contributed by atoms with van der Waals surface area (Å²) in [4.78, 5) is 36.5. The van der Waals surface area contributed by atoms with E-state index in [1.54, 1.807) is 6.20 Å². The Balaban J connectivity index is 1.31. The predicted octanol–water partition coefficient (Wildman–Crippen LogP) is 2.88. The minimum absolute atomic E-state index is 0.111. The number of carbonyl (C=O) groups excluding carboxylic acids is 2. The largest absolute Gasteiger partial charge is 0.389 e. The number of aromatic nitrogens is 1. The Hall–Kier alpha value is -2.19. The topological polar surface area (TPSA) is 77.7 Å². The van der Waals surface area contributed by atoms with Crippen molar-refractivity contribution in [3.8, 4) is 0 Å². The Morgan fingerprint density at radius 2 is 1.94 bits per heavy atom. The van der Waals surface area contributed by atoms with Crippen LogP contribution >= 0.6 is 11.6 Å². The fourth-order valence-electron chi connectivity index (χ4n) is 4.43. The molecule has 8 heteroatoms. The van der Waals surface area contributed by atoms with Gasteiger partial charge in [0.25, 0.3) is 0 Å². The summed E-state index contributed by atoms with van der Waals surface area (Å²) in [5.41, 5.74) is 2.15. The molecule has 1 aromatic heterocycles. The number of H-pyrrole nitrogens is 1. The van der Waals surface area contributed by atoms with E-state index >= 15 is 0 Å². The van der Waals surface area contributed by atoms with Crippen molar-refractivity contribution in [3.05, 3.63) is 46.8 Å². The highest BCUT2D eigenvalue weighted by Crippen LogP contribution is 2.38. The molecule has 0 spiro atoms. The first kappa shape index (κ1) is 22.0. The van der Waals surface area contributed by atoms with E-state index in [9.17, 15) is 9.59 Å². The predicted molar refractivity (Wildman–Crippen MR) is 121 cm³/mol. The number of carbonyl (C=O) groups is 2. The van der Waals surface area contributed by atoms with E-state index in [2.05, 4.69) is 15.2 Å². The van der Waals surface area contributed by atoms with E-state index in [4.69, 9.17) is 16.4 Å². The monoisotopic (exact) mass is 444 g/mol. The van der Waals surface area contributed by atoms with Gasteiger partial charge >= 0.3 is 0 Å². The number of piperazine rings is 1. The summed E-state index contributed by atoms with van der Waals surface area (Å²) >= 11 is 6.37. The van der Waals surface area contributed by atoms with E-state index in [-0.39, 0.29) is 23.1 Å². The summed E-state index contributed by atoms with van der Waals surface area (Å²) in [5, 5.41) is 6.72. The molecular formula is C23H29ClN4O3. The Morgan fingerprint density at radius 3 is 2.65 bits per heavy atom. The number of allylic oxidation sites excluding steroid dienone is 1. The number of nitrogens with zero attached hydrogens (tertiary/aromatic N) is 2. The average Bonchev–Trinajstić information content (AvgIpc) is 3.19. The van der Waals surface area contributed by atoms with Crippen molar-refractivity contribution in [1.82, 2.24) is 20.3 Å². The highest BCUT2D eigenvalue weighted by atomic mass is 35.5. The number of halogens is 1. The van der Waals surface area contributed by atoms with Gasteiger partial charge < -0.3 is 10.3 Å². The van der Waals surface area contributed by atoms with E-state index in [1.165, 1.54) is 0 Å². The molecule has 4 rings (SSSR count). The van der Waals surface area contributed by atoms with Crippen LogP contribution in [0.5, 0.6) is 0 Å². The van der Waals surface area contributed by atoms with Crippen LogP contribution in [0.1, 0.15) is 31.2 Å². The summed E-state index contributed by atoms with van der Waals surface area (Å²) in [6, 6.07) is 5.66. The van der Waals surface area contributed by atoms with Crippen molar-refractivity contribution in [2.45, 2.75) is 25.7 Å². The number of ketones is 2. The van der Waals surface area contributed by atoms with Gasteiger partial charge in [0, 0.05) is 81.3 Å². The molecule has 2 N–H and O–H groups in total. The van der Waals surface area contributed by atoms with Gasteiger partial charge in [-0.3, -0.25) is 19.3 Å². The molecule has 166 valence electrons. The van der Waals surface area contributed by atoms with Crippen molar-refractivity contribution in [1.29, 1.82) is 0 Å². The molecule has 1 saturated heterocycles.